The fourth-order valence-corrected chi connectivity index (χ4v) is 6.76. The maximum atomic E-state index is 6.02. The minimum absolute atomic E-state index is 0. The largest absolute Gasteiger partial charge is 0.372 e. The molecule has 4 fully saturated rings. The van der Waals surface area contributed by atoms with E-state index in [1.807, 2.05) is 0 Å². The number of ether oxygens (including phenoxy) is 1. The standard InChI is InChI=1S/C29H47N3O.ClH/c1-4-5-6-15-30-16-18-31(19-17-30)28-8-7-26(32-21-23(2)33-24(3)22-32)20-27(28)25-9-11-29(12-10-25)13-14-29;/h7-8,20,23-25H,4-6,9-19,21-22H2,1-3H3;1H/t23-,24+;. The van der Waals surface area contributed by atoms with Crippen LogP contribution in [0.25, 0.3) is 0 Å². The Bertz CT molecular complexity index is 770. The van der Waals surface area contributed by atoms with Crippen LogP contribution in [-0.2, 0) is 4.74 Å². The van der Waals surface area contributed by atoms with Crippen molar-refractivity contribution in [2.24, 2.45) is 5.41 Å². The van der Waals surface area contributed by atoms with Crippen molar-refractivity contribution < 1.29 is 4.74 Å². The summed E-state index contributed by atoms with van der Waals surface area (Å²) in [5.41, 5.74) is 5.36. The fourth-order valence-electron chi connectivity index (χ4n) is 6.76. The normalized spacial score (nSPS) is 27.6. The average Bonchev–Trinajstić information content (AvgIpc) is 3.58. The summed E-state index contributed by atoms with van der Waals surface area (Å²) in [6, 6.07) is 7.47. The lowest BCUT2D eigenvalue weighted by molar-refractivity contribution is -0.00522. The van der Waals surface area contributed by atoms with Gasteiger partial charge in [-0.2, -0.15) is 0 Å². The molecule has 2 aliphatic carbocycles. The highest BCUT2D eigenvalue weighted by Gasteiger charge is 2.45. The monoisotopic (exact) mass is 489 g/mol. The molecule has 34 heavy (non-hydrogen) atoms. The van der Waals surface area contributed by atoms with Crippen LogP contribution in [0.2, 0.25) is 0 Å². The first-order chi connectivity index (χ1) is 16.0. The number of hydrogen-bond donors (Lipinski definition) is 0. The molecule has 4 nitrogen and oxygen atoms in total. The van der Waals surface area contributed by atoms with Gasteiger partial charge < -0.3 is 14.5 Å². The van der Waals surface area contributed by atoms with Gasteiger partial charge in [0.1, 0.15) is 0 Å². The molecule has 2 saturated carbocycles. The number of unbranched alkanes of at least 4 members (excludes halogenated alkanes) is 2. The zero-order valence-electron chi connectivity index (χ0n) is 21.9. The maximum absolute atomic E-state index is 6.02. The summed E-state index contributed by atoms with van der Waals surface area (Å²) < 4.78 is 6.02. The van der Waals surface area contributed by atoms with Crippen LogP contribution in [0.15, 0.2) is 18.2 Å². The molecule has 4 aliphatic rings. The van der Waals surface area contributed by atoms with Crippen molar-refractivity contribution in [1.29, 1.82) is 0 Å². The van der Waals surface area contributed by atoms with Crippen LogP contribution in [0.3, 0.4) is 0 Å². The molecule has 1 aromatic rings. The third-order valence-electron chi connectivity index (χ3n) is 9.03. The molecule has 0 unspecified atom stereocenters. The zero-order valence-corrected chi connectivity index (χ0v) is 22.8. The van der Waals surface area contributed by atoms with Crippen molar-refractivity contribution in [3.05, 3.63) is 23.8 Å². The summed E-state index contributed by atoms with van der Waals surface area (Å²) in [7, 11) is 0. The molecule has 5 rings (SSSR count). The number of anilines is 2. The summed E-state index contributed by atoms with van der Waals surface area (Å²) in [5, 5.41) is 0. The Morgan fingerprint density at radius 3 is 2.18 bits per heavy atom. The van der Waals surface area contributed by atoms with Gasteiger partial charge in [-0.15, -0.1) is 12.4 Å². The maximum Gasteiger partial charge on any atom is 0.0726 e. The lowest BCUT2D eigenvalue weighted by Gasteiger charge is -2.40. The van der Waals surface area contributed by atoms with E-state index in [0.717, 1.165) is 24.4 Å². The molecular weight excluding hydrogens is 442 g/mol. The molecule has 5 heteroatoms. The predicted molar refractivity (Wildman–Crippen MR) is 147 cm³/mol. The number of piperazine rings is 1. The Hall–Kier alpha value is -0.970. The Morgan fingerprint density at radius 1 is 0.882 bits per heavy atom. The molecule has 0 N–H and O–H groups in total. The van der Waals surface area contributed by atoms with Crippen molar-refractivity contribution >= 4 is 23.8 Å². The molecule has 0 aromatic heterocycles. The van der Waals surface area contributed by atoms with E-state index < -0.39 is 0 Å². The van der Waals surface area contributed by atoms with Crippen LogP contribution in [0.5, 0.6) is 0 Å². The first-order valence-corrected chi connectivity index (χ1v) is 14.1. The van der Waals surface area contributed by atoms with E-state index in [4.69, 9.17) is 4.74 Å². The number of hydrogen-bond acceptors (Lipinski definition) is 4. The van der Waals surface area contributed by atoms with Gasteiger partial charge in [-0.1, -0.05) is 19.8 Å². The molecule has 0 bridgehead atoms. The van der Waals surface area contributed by atoms with Gasteiger partial charge in [0.2, 0.25) is 0 Å². The van der Waals surface area contributed by atoms with Crippen molar-refractivity contribution in [2.45, 2.75) is 96.7 Å². The molecule has 2 saturated heterocycles. The van der Waals surface area contributed by atoms with E-state index >= 15 is 0 Å². The summed E-state index contributed by atoms with van der Waals surface area (Å²) in [6.07, 6.45) is 13.3. The zero-order chi connectivity index (χ0) is 22.8. The molecule has 2 atom stereocenters. The second-order valence-corrected chi connectivity index (χ2v) is 11.7. The highest BCUT2D eigenvalue weighted by atomic mass is 35.5. The average molecular weight is 490 g/mol. The second kappa shape index (κ2) is 11.4. The molecule has 2 heterocycles. The molecule has 1 spiro atoms. The SMILES string of the molecule is CCCCCN1CCN(c2ccc(N3C[C@@H](C)O[C@@H](C)C3)cc2C2CCC3(CC2)CC3)CC1.Cl. The van der Waals surface area contributed by atoms with Crippen LogP contribution in [0, 0.1) is 5.41 Å². The Morgan fingerprint density at radius 2 is 1.56 bits per heavy atom. The second-order valence-electron chi connectivity index (χ2n) is 11.7. The van der Waals surface area contributed by atoms with Gasteiger partial charge in [0, 0.05) is 50.6 Å². The van der Waals surface area contributed by atoms with Gasteiger partial charge in [0.05, 0.1) is 12.2 Å². The van der Waals surface area contributed by atoms with Crippen LogP contribution >= 0.6 is 12.4 Å². The molecule has 192 valence electrons. The molecule has 0 radical (unpaired) electrons. The topological polar surface area (TPSA) is 19.0 Å². The Labute approximate surface area is 214 Å². The van der Waals surface area contributed by atoms with Crippen molar-refractivity contribution in [2.75, 3.05) is 55.6 Å². The molecular formula is C29H48ClN3O. The fraction of sp³-hybridized carbons (Fsp3) is 0.793. The van der Waals surface area contributed by atoms with Crippen molar-refractivity contribution in [3.8, 4) is 0 Å². The lowest BCUT2D eigenvalue weighted by Crippen LogP contribution is -2.47. The van der Waals surface area contributed by atoms with Gasteiger partial charge >= 0.3 is 0 Å². The van der Waals surface area contributed by atoms with Crippen LogP contribution in [-0.4, -0.2) is 62.9 Å². The van der Waals surface area contributed by atoms with E-state index in [1.165, 1.54) is 102 Å². The van der Waals surface area contributed by atoms with Gasteiger partial charge in [0.25, 0.3) is 0 Å². The number of nitrogens with zero attached hydrogens (tertiary/aromatic N) is 3. The first kappa shape index (κ1) is 26.1. The van der Waals surface area contributed by atoms with Gasteiger partial charge in [-0.05, 0) is 100 Å². The van der Waals surface area contributed by atoms with Crippen LogP contribution in [0.4, 0.5) is 11.4 Å². The van der Waals surface area contributed by atoms with E-state index in [9.17, 15) is 0 Å². The molecule has 1 aromatic carbocycles. The number of morpholine rings is 1. The van der Waals surface area contributed by atoms with E-state index in [2.05, 4.69) is 53.7 Å². The van der Waals surface area contributed by atoms with Gasteiger partial charge in [-0.25, -0.2) is 0 Å². The lowest BCUT2D eigenvalue weighted by atomic mass is 9.76. The number of rotatable bonds is 7. The summed E-state index contributed by atoms with van der Waals surface area (Å²) >= 11 is 0. The summed E-state index contributed by atoms with van der Waals surface area (Å²) in [6.45, 7) is 14.8. The minimum atomic E-state index is 0. The van der Waals surface area contributed by atoms with Crippen molar-refractivity contribution in [3.63, 3.8) is 0 Å². The third kappa shape index (κ3) is 6.05. The van der Waals surface area contributed by atoms with Crippen LogP contribution < -0.4 is 9.80 Å². The van der Waals surface area contributed by atoms with E-state index in [-0.39, 0.29) is 12.4 Å². The first-order valence-electron chi connectivity index (χ1n) is 14.1. The Kier molecular flexibility index (Phi) is 8.75. The molecule has 2 aliphatic heterocycles. The van der Waals surface area contributed by atoms with E-state index in [1.54, 1.807) is 5.56 Å². The molecule has 0 amide bonds. The summed E-state index contributed by atoms with van der Waals surface area (Å²) in [5.74, 6) is 0.740. The number of benzene rings is 1. The van der Waals surface area contributed by atoms with Crippen LogP contribution in [0.1, 0.15) is 90.0 Å². The highest BCUT2D eigenvalue weighted by molar-refractivity contribution is 5.85. The summed E-state index contributed by atoms with van der Waals surface area (Å²) in [4.78, 5) is 7.97. The smallest absolute Gasteiger partial charge is 0.0726 e. The minimum Gasteiger partial charge on any atom is -0.372 e. The predicted octanol–water partition coefficient (Wildman–Crippen LogP) is 6.47. The highest BCUT2D eigenvalue weighted by Crippen LogP contribution is 2.59. The number of halogens is 1. The van der Waals surface area contributed by atoms with Gasteiger partial charge in [0.15, 0.2) is 0 Å². The van der Waals surface area contributed by atoms with E-state index in [0.29, 0.717) is 12.2 Å². The Balaban J connectivity index is 0.00000274. The van der Waals surface area contributed by atoms with Crippen molar-refractivity contribution in [1.82, 2.24) is 4.90 Å². The van der Waals surface area contributed by atoms with Gasteiger partial charge in [-0.3, -0.25) is 4.90 Å². The quantitative estimate of drug-likeness (QED) is 0.408. The third-order valence-corrected chi connectivity index (χ3v) is 9.03.